The topological polar surface area (TPSA) is 137 Å². The van der Waals surface area contributed by atoms with Gasteiger partial charge in [-0.3, -0.25) is 9.36 Å². The normalized spacial score (nSPS) is 21.9. The molecule has 2 heterocycles. The molecule has 0 aliphatic carbocycles. The number of unbranched alkanes of at least 4 members (excludes halogenated alkanes) is 12. The Kier molecular flexibility index (Phi) is 13.3. The number of nitrogen functional groups attached to an aromatic ring is 1. The number of nitrogens with two attached hydrogens (primary N) is 1. The van der Waals surface area contributed by atoms with Crippen molar-refractivity contribution in [3.63, 3.8) is 0 Å². The maximum atomic E-state index is 12.3. The molecule has 0 spiro atoms. The summed E-state index contributed by atoms with van der Waals surface area (Å²) in [6, 6.07) is 0. The van der Waals surface area contributed by atoms with Gasteiger partial charge in [0.25, 0.3) is 0 Å². The summed E-state index contributed by atoms with van der Waals surface area (Å²) in [5.41, 5.74) is 5.51. The monoisotopic (exact) mass is 495 g/mol. The van der Waals surface area contributed by atoms with Crippen LogP contribution in [-0.2, 0) is 14.3 Å². The van der Waals surface area contributed by atoms with E-state index in [-0.39, 0.29) is 12.2 Å². The second-order valence-electron chi connectivity index (χ2n) is 9.68. The van der Waals surface area contributed by atoms with Crippen LogP contribution in [0, 0.1) is 6.92 Å². The van der Waals surface area contributed by atoms with Crippen LogP contribution in [0.2, 0.25) is 0 Å². The van der Waals surface area contributed by atoms with Crippen molar-refractivity contribution in [3.8, 4) is 0 Å². The van der Waals surface area contributed by atoms with E-state index in [1.54, 1.807) is 6.92 Å². The van der Waals surface area contributed by atoms with Gasteiger partial charge in [0.2, 0.25) is 0 Å². The first-order chi connectivity index (χ1) is 16.9. The summed E-state index contributed by atoms with van der Waals surface area (Å²) >= 11 is 0. The summed E-state index contributed by atoms with van der Waals surface area (Å²) in [6.45, 7) is 3.46. The molecule has 9 heteroatoms. The predicted octanol–water partition coefficient (Wildman–Crippen LogP) is 3.78. The molecule has 9 nitrogen and oxygen atoms in total. The standard InChI is InChI=1S/C26H45N3O6/c1-3-4-5-6-7-8-9-10-11-12-13-14-15-16-21(31)35-23-20(18-30)34-25(22(23)32)29-17-19(2)24(27)28-26(29)33/h17,20,22-23,25,30,32H,3-16,18H2,1-2H3,(H2,27,28,33)/t20-,22+,23-,25-/m1/s1. The molecular weight excluding hydrogens is 450 g/mol. The molecule has 4 N–H and O–H groups in total. The Morgan fingerprint density at radius 3 is 2.14 bits per heavy atom. The van der Waals surface area contributed by atoms with Gasteiger partial charge in [-0.1, -0.05) is 84.0 Å². The van der Waals surface area contributed by atoms with Crippen LogP contribution >= 0.6 is 0 Å². The van der Waals surface area contributed by atoms with E-state index >= 15 is 0 Å². The van der Waals surface area contributed by atoms with E-state index in [0.29, 0.717) is 12.0 Å². The van der Waals surface area contributed by atoms with Gasteiger partial charge in [-0.15, -0.1) is 0 Å². The third-order valence-electron chi connectivity index (χ3n) is 6.69. The molecule has 0 amide bonds. The number of hydrogen-bond donors (Lipinski definition) is 3. The average Bonchev–Trinajstić information content (AvgIpc) is 3.14. The van der Waals surface area contributed by atoms with Gasteiger partial charge in [0.15, 0.2) is 12.3 Å². The third kappa shape index (κ3) is 9.54. The second-order valence-corrected chi connectivity index (χ2v) is 9.68. The van der Waals surface area contributed by atoms with Gasteiger partial charge in [-0.25, -0.2) is 4.79 Å². The molecular formula is C26H45N3O6. The van der Waals surface area contributed by atoms with Crippen molar-refractivity contribution in [1.29, 1.82) is 0 Å². The van der Waals surface area contributed by atoms with E-state index in [1.807, 2.05) is 0 Å². The predicted molar refractivity (Wildman–Crippen MR) is 135 cm³/mol. The van der Waals surface area contributed by atoms with Crippen LogP contribution in [-0.4, -0.2) is 50.7 Å². The number of aromatic nitrogens is 2. The van der Waals surface area contributed by atoms with Crippen molar-refractivity contribution in [3.05, 3.63) is 22.2 Å². The number of anilines is 1. The van der Waals surface area contributed by atoms with Gasteiger partial charge < -0.3 is 25.4 Å². The third-order valence-corrected chi connectivity index (χ3v) is 6.69. The fraction of sp³-hybridized carbons (Fsp3) is 0.808. The summed E-state index contributed by atoms with van der Waals surface area (Å²) in [6.07, 6.45) is 13.1. The van der Waals surface area contributed by atoms with Crippen LogP contribution in [0.3, 0.4) is 0 Å². The maximum absolute atomic E-state index is 12.3. The lowest BCUT2D eigenvalue weighted by Crippen LogP contribution is -2.39. The molecule has 200 valence electrons. The number of nitrogens with zero attached hydrogens (tertiary/aromatic N) is 2. The Balaban J connectivity index is 1.64. The van der Waals surface area contributed by atoms with Crippen LogP contribution in [0.5, 0.6) is 0 Å². The highest BCUT2D eigenvalue weighted by molar-refractivity contribution is 5.69. The molecule has 1 fully saturated rings. The second kappa shape index (κ2) is 15.9. The number of aliphatic hydroxyl groups excluding tert-OH is 2. The van der Waals surface area contributed by atoms with Crippen LogP contribution in [0.25, 0.3) is 0 Å². The minimum absolute atomic E-state index is 0.0956. The van der Waals surface area contributed by atoms with Crippen molar-refractivity contribution in [2.75, 3.05) is 12.3 Å². The van der Waals surface area contributed by atoms with Gasteiger partial charge in [-0.2, -0.15) is 4.98 Å². The zero-order valence-corrected chi connectivity index (χ0v) is 21.5. The van der Waals surface area contributed by atoms with Crippen molar-refractivity contribution in [1.82, 2.24) is 9.55 Å². The van der Waals surface area contributed by atoms with Crippen LogP contribution in [0.4, 0.5) is 5.82 Å². The zero-order chi connectivity index (χ0) is 25.6. The van der Waals surface area contributed by atoms with Gasteiger partial charge in [-0.05, 0) is 13.3 Å². The molecule has 4 atom stereocenters. The Labute approximate surface area is 209 Å². The molecule has 1 aliphatic rings. The molecule has 0 unspecified atom stereocenters. The quantitative estimate of drug-likeness (QED) is 0.219. The highest BCUT2D eigenvalue weighted by atomic mass is 16.6. The first kappa shape index (κ1) is 29.3. The van der Waals surface area contributed by atoms with E-state index in [1.165, 1.54) is 70.4 Å². The Hall–Kier alpha value is -1.97. The lowest BCUT2D eigenvalue weighted by atomic mass is 10.0. The first-order valence-corrected chi connectivity index (χ1v) is 13.4. The Morgan fingerprint density at radius 2 is 1.60 bits per heavy atom. The minimum Gasteiger partial charge on any atom is -0.457 e. The SMILES string of the molecule is CCCCCCCCCCCCCCCC(=O)O[C@H]1[C@H](O)[C@H](n2cc(C)c(N)nc2=O)O[C@@H]1CO. The highest BCUT2D eigenvalue weighted by Gasteiger charge is 2.47. The number of carbonyl (C=O) groups excluding carboxylic acids is 1. The van der Waals surface area contributed by atoms with Crippen molar-refractivity contribution in [2.45, 2.75) is 128 Å². The molecule has 1 saturated heterocycles. The maximum Gasteiger partial charge on any atom is 0.351 e. The number of rotatable bonds is 17. The van der Waals surface area contributed by atoms with Gasteiger partial charge in [0.05, 0.1) is 6.61 Å². The van der Waals surface area contributed by atoms with Crippen molar-refractivity contribution >= 4 is 11.8 Å². The smallest absolute Gasteiger partial charge is 0.351 e. The zero-order valence-electron chi connectivity index (χ0n) is 21.5. The van der Waals surface area contributed by atoms with E-state index in [0.717, 1.165) is 17.4 Å². The fourth-order valence-electron chi connectivity index (χ4n) is 4.50. The average molecular weight is 496 g/mol. The summed E-state index contributed by atoms with van der Waals surface area (Å²) in [4.78, 5) is 28.3. The molecule has 0 radical (unpaired) electrons. The lowest BCUT2D eigenvalue weighted by molar-refractivity contribution is -0.156. The molecule has 1 aromatic heterocycles. The van der Waals surface area contributed by atoms with E-state index in [2.05, 4.69) is 11.9 Å². The summed E-state index contributed by atoms with van der Waals surface area (Å²) in [5.74, 6) is -0.350. The van der Waals surface area contributed by atoms with Crippen molar-refractivity contribution < 1.29 is 24.5 Å². The molecule has 35 heavy (non-hydrogen) atoms. The van der Waals surface area contributed by atoms with E-state index < -0.39 is 42.8 Å². The molecule has 0 saturated carbocycles. The number of aryl methyl sites for hydroxylation is 1. The summed E-state index contributed by atoms with van der Waals surface area (Å²) in [7, 11) is 0. The Morgan fingerprint density at radius 1 is 1.06 bits per heavy atom. The van der Waals surface area contributed by atoms with Gasteiger partial charge >= 0.3 is 11.7 Å². The molecule has 1 aromatic rings. The summed E-state index contributed by atoms with van der Waals surface area (Å²) < 4.78 is 12.2. The number of hydrogen-bond acceptors (Lipinski definition) is 8. The van der Waals surface area contributed by atoms with E-state index in [9.17, 15) is 19.8 Å². The fourth-order valence-corrected chi connectivity index (χ4v) is 4.50. The number of ether oxygens (including phenoxy) is 2. The Bertz CT molecular complexity index is 815. The van der Waals surface area contributed by atoms with Crippen molar-refractivity contribution in [2.24, 2.45) is 0 Å². The summed E-state index contributed by atoms with van der Waals surface area (Å²) in [5, 5.41) is 20.3. The van der Waals surface area contributed by atoms with Crippen LogP contribution in [0.15, 0.2) is 11.0 Å². The van der Waals surface area contributed by atoms with Gasteiger partial charge in [0.1, 0.15) is 18.0 Å². The number of esters is 1. The van der Waals surface area contributed by atoms with E-state index in [4.69, 9.17) is 15.2 Å². The number of carbonyl (C=O) groups is 1. The molecule has 0 bridgehead atoms. The molecule has 2 rings (SSSR count). The van der Waals surface area contributed by atoms with Gasteiger partial charge in [0, 0.05) is 18.2 Å². The highest BCUT2D eigenvalue weighted by Crippen LogP contribution is 2.31. The first-order valence-electron chi connectivity index (χ1n) is 13.4. The van der Waals surface area contributed by atoms with Crippen LogP contribution < -0.4 is 11.4 Å². The lowest BCUT2D eigenvalue weighted by Gasteiger charge is -2.20. The minimum atomic E-state index is -1.31. The number of aliphatic hydroxyl groups is 2. The molecule has 0 aromatic carbocycles. The molecule has 1 aliphatic heterocycles. The van der Waals surface area contributed by atoms with Crippen LogP contribution in [0.1, 0.15) is 109 Å². The largest absolute Gasteiger partial charge is 0.457 e.